The van der Waals surface area contributed by atoms with E-state index >= 15 is 0 Å². The first-order chi connectivity index (χ1) is 11.2. The van der Waals surface area contributed by atoms with Gasteiger partial charge in [-0.15, -0.1) is 0 Å². The number of aromatic nitrogens is 2. The Balaban J connectivity index is 1.55. The molecule has 0 radical (unpaired) electrons. The van der Waals surface area contributed by atoms with E-state index in [4.69, 9.17) is 15.2 Å². The number of aromatic amines is 1. The lowest BCUT2D eigenvalue weighted by Crippen LogP contribution is -2.23. The molecule has 4 rings (SSSR count). The van der Waals surface area contributed by atoms with Crippen LogP contribution in [0.25, 0.3) is 11.1 Å². The Morgan fingerprint density at radius 2 is 2.17 bits per heavy atom. The molecule has 1 aliphatic heterocycles. The maximum Gasteiger partial charge on any atom is 0.231 e. The molecule has 2 atom stereocenters. The normalized spacial score (nSPS) is 22.3. The van der Waals surface area contributed by atoms with Crippen LogP contribution in [-0.2, 0) is 4.79 Å². The Labute approximate surface area is 133 Å². The molecule has 1 aromatic heterocycles. The molecule has 1 amide bonds. The SMILES string of the molecule is NC1CCC(C(=O)Nc2[nH]ncc2-c2ccc3c(c2)OCO3)C1. The van der Waals surface area contributed by atoms with Crippen molar-refractivity contribution in [2.45, 2.75) is 25.3 Å². The van der Waals surface area contributed by atoms with Crippen LogP contribution in [0.5, 0.6) is 11.5 Å². The topological polar surface area (TPSA) is 102 Å². The standard InChI is InChI=1S/C16H18N4O3/c17-11-3-1-10(5-11)16(21)19-15-12(7-18-20-15)9-2-4-13-14(6-9)23-8-22-13/h2,4,6-7,10-11H,1,3,5,8,17H2,(H2,18,19,20,21). The molecule has 1 aliphatic carbocycles. The zero-order valence-corrected chi connectivity index (χ0v) is 12.5. The Morgan fingerprint density at radius 1 is 1.30 bits per heavy atom. The molecule has 2 heterocycles. The zero-order chi connectivity index (χ0) is 15.8. The van der Waals surface area contributed by atoms with Crippen LogP contribution >= 0.6 is 0 Å². The number of hydrogen-bond donors (Lipinski definition) is 3. The van der Waals surface area contributed by atoms with E-state index in [0.29, 0.717) is 11.6 Å². The van der Waals surface area contributed by atoms with Gasteiger partial charge in [0.1, 0.15) is 5.82 Å². The van der Waals surface area contributed by atoms with Crippen LogP contribution in [0.3, 0.4) is 0 Å². The number of ether oxygens (including phenoxy) is 2. The molecule has 2 unspecified atom stereocenters. The molecule has 1 aromatic carbocycles. The highest BCUT2D eigenvalue weighted by atomic mass is 16.7. The number of nitrogens with one attached hydrogen (secondary N) is 2. The van der Waals surface area contributed by atoms with Crippen molar-refractivity contribution in [2.75, 3.05) is 12.1 Å². The summed E-state index contributed by atoms with van der Waals surface area (Å²) in [5, 5.41) is 9.84. The number of fused-ring (bicyclic) bond motifs is 1. The van der Waals surface area contributed by atoms with Gasteiger partial charge in [-0.1, -0.05) is 6.07 Å². The number of anilines is 1. The van der Waals surface area contributed by atoms with Crippen molar-refractivity contribution in [3.63, 3.8) is 0 Å². The van der Waals surface area contributed by atoms with Gasteiger partial charge < -0.3 is 20.5 Å². The van der Waals surface area contributed by atoms with Crippen molar-refractivity contribution >= 4 is 11.7 Å². The van der Waals surface area contributed by atoms with E-state index in [1.165, 1.54) is 0 Å². The van der Waals surface area contributed by atoms with Gasteiger partial charge in [0.15, 0.2) is 11.5 Å². The molecule has 23 heavy (non-hydrogen) atoms. The van der Waals surface area contributed by atoms with Gasteiger partial charge in [-0.2, -0.15) is 5.10 Å². The van der Waals surface area contributed by atoms with Gasteiger partial charge in [0.05, 0.1) is 6.20 Å². The summed E-state index contributed by atoms with van der Waals surface area (Å²) in [5.41, 5.74) is 7.61. The fraction of sp³-hybridized carbons (Fsp3) is 0.375. The quantitative estimate of drug-likeness (QED) is 0.802. The van der Waals surface area contributed by atoms with E-state index in [-0.39, 0.29) is 24.7 Å². The van der Waals surface area contributed by atoms with Crippen molar-refractivity contribution in [1.82, 2.24) is 10.2 Å². The minimum atomic E-state index is -0.0297. The fourth-order valence-electron chi connectivity index (χ4n) is 3.14. The van der Waals surface area contributed by atoms with Crippen LogP contribution < -0.4 is 20.5 Å². The van der Waals surface area contributed by atoms with Gasteiger partial charge in [0.2, 0.25) is 12.7 Å². The number of hydrogen-bond acceptors (Lipinski definition) is 5. The lowest BCUT2D eigenvalue weighted by atomic mass is 10.1. The number of nitrogens with zero attached hydrogens (tertiary/aromatic N) is 1. The molecule has 2 aliphatic rings. The van der Waals surface area contributed by atoms with Gasteiger partial charge in [0, 0.05) is 17.5 Å². The summed E-state index contributed by atoms with van der Waals surface area (Å²) in [6, 6.07) is 5.78. The molecule has 2 aromatic rings. The largest absolute Gasteiger partial charge is 0.454 e. The number of rotatable bonds is 3. The number of benzene rings is 1. The van der Waals surface area contributed by atoms with Crippen LogP contribution in [0.4, 0.5) is 5.82 Å². The summed E-state index contributed by atoms with van der Waals surface area (Å²) in [6.45, 7) is 0.232. The Hall–Kier alpha value is -2.54. The van der Waals surface area contributed by atoms with E-state index < -0.39 is 0 Å². The third-order valence-corrected chi connectivity index (χ3v) is 4.42. The van der Waals surface area contributed by atoms with Gasteiger partial charge >= 0.3 is 0 Å². The Bertz CT molecular complexity index is 743. The summed E-state index contributed by atoms with van der Waals surface area (Å²) in [5.74, 6) is 1.97. The molecule has 1 fully saturated rings. The zero-order valence-electron chi connectivity index (χ0n) is 12.5. The van der Waals surface area contributed by atoms with Crippen molar-refractivity contribution < 1.29 is 14.3 Å². The number of amides is 1. The molecule has 0 bridgehead atoms. The minimum absolute atomic E-state index is 0.0100. The molecular weight excluding hydrogens is 296 g/mol. The van der Waals surface area contributed by atoms with E-state index in [9.17, 15) is 4.79 Å². The minimum Gasteiger partial charge on any atom is -0.454 e. The molecule has 120 valence electrons. The second-order valence-electron chi connectivity index (χ2n) is 5.99. The van der Waals surface area contributed by atoms with Crippen molar-refractivity contribution in [1.29, 1.82) is 0 Å². The van der Waals surface area contributed by atoms with Gasteiger partial charge in [-0.25, -0.2) is 0 Å². The number of carbonyl (C=O) groups excluding carboxylic acids is 1. The van der Waals surface area contributed by atoms with Crippen LogP contribution in [0.2, 0.25) is 0 Å². The van der Waals surface area contributed by atoms with Crippen molar-refractivity contribution in [3.8, 4) is 22.6 Å². The Kier molecular flexibility index (Phi) is 3.42. The summed E-state index contributed by atoms with van der Waals surface area (Å²) in [6.07, 6.45) is 4.16. The van der Waals surface area contributed by atoms with Crippen LogP contribution in [0, 0.1) is 5.92 Å². The highest BCUT2D eigenvalue weighted by Gasteiger charge is 2.28. The molecule has 1 saturated carbocycles. The Morgan fingerprint density at radius 3 is 3.00 bits per heavy atom. The molecule has 4 N–H and O–H groups in total. The predicted octanol–water partition coefficient (Wildman–Crippen LogP) is 1.87. The molecule has 0 spiro atoms. The summed E-state index contributed by atoms with van der Waals surface area (Å²) in [4.78, 5) is 12.4. The molecule has 7 heteroatoms. The monoisotopic (exact) mass is 314 g/mol. The first-order valence-electron chi connectivity index (χ1n) is 7.70. The summed E-state index contributed by atoms with van der Waals surface area (Å²) in [7, 11) is 0. The van der Waals surface area contributed by atoms with Gasteiger partial charge in [-0.3, -0.25) is 9.89 Å². The smallest absolute Gasteiger partial charge is 0.231 e. The molecule has 7 nitrogen and oxygen atoms in total. The lowest BCUT2D eigenvalue weighted by molar-refractivity contribution is -0.119. The van der Waals surface area contributed by atoms with Crippen LogP contribution in [0.15, 0.2) is 24.4 Å². The first-order valence-corrected chi connectivity index (χ1v) is 7.70. The van der Waals surface area contributed by atoms with E-state index in [2.05, 4.69) is 15.5 Å². The van der Waals surface area contributed by atoms with E-state index in [1.54, 1.807) is 6.20 Å². The third kappa shape index (κ3) is 2.63. The lowest BCUT2D eigenvalue weighted by Gasteiger charge is -2.11. The van der Waals surface area contributed by atoms with Crippen LogP contribution in [-0.4, -0.2) is 28.9 Å². The maximum atomic E-state index is 12.4. The second-order valence-corrected chi connectivity index (χ2v) is 5.99. The van der Waals surface area contributed by atoms with Gasteiger partial charge in [-0.05, 0) is 37.0 Å². The molecule has 0 saturated heterocycles. The van der Waals surface area contributed by atoms with E-state index in [1.807, 2.05) is 18.2 Å². The average Bonchev–Trinajstić information content (AvgIpc) is 3.26. The average molecular weight is 314 g/mol. The first kappa shape index (κ1) is 14.1. The second kappa shape index (κ2) is 5.58. The van der Waals surface area contributed by atoms with Gasteiger partial charge in [0.25, 0.3) is 0 Å². The summed E-state index contributed by atoms with van der Waals surface area (Å²) >= 11 is 0. The number of nitrogens with two attached hydrogens (primary N) is 1. The highest BCUT2D eigenvalue weighted by molar-refractivity contribution is 5.95. The predicted molar refractivity (Wildman–Crippen MR) is 84.1 cm³/mol. The molecular formula is C16H18N4O3. The van der Waals surface area contributed by atoms with Crippen molar-refractivity contribution in [3.05, 3.63) is 24.4 Å². The van der Waals surface area contributed by atoms with Crippen LogP contribution in [0.1, 0.15) is 19.3 Å². The fourth-order valence-corrected chi connectivity index (χ4v) is 3.14. The number of carbonyl (C=O) groups is 1. The number of H-pyrrole nitrogens is 1. The van der Waals surface area contributed by atoms with Crippen molar-refractivity contribution in [2.24, 2.45) is 11.7 Å². The summed E-state index contributed by atoms with van der Waals surface area (Å²) < 4.78 is 10.7. The van der Waals surface area contributed by atoms with E-state index in [0.717, 1.165) is 36.1 Å². The third-order valence-electron chi connectivity index (χ3n) is 4.42. The highest BCUT2D eigenvalue weighted by Crippen LogP contribution is 2.37. The maximum absolute atomic E-state index is 12.4.